The Bertz CT molecular complexity index is 1100. The number of aromatic nitrogens is 3. The van der Waals surface area contributed by atoms with Crippen LogP contribution >= 0.6 is 11.9 Å². The molecule has 2 aromatic heterocycles. The lowest BCUT2D eigenvalue weighted by molar-refractivity contribution is -0.0127. The summed E-state index contributed by atoms with van der Waals surface area (Å²) in [5, 5.41) is 7.49. The van der Waals surface area contributed by atoms with Crippen molar-refractivity contribution in [2.24, 2.45) is 12.0 Å². The molecule has 176 valence electrons. The maximum absolute atomic E-state index is 13.1. The number of amides is 1. The van der Waals surface area contributed by atoms with E-state index in [4.69, 9.17) is 4.74 Å². The Morgan fingerprint density at radius 1 is 1.33 bits per heavy atom. The zero-order chi connectivity index (χ0) is 22.9. The number of carbonyl (C=O) groups excluding carboxylic acids is 1. The molecule has 0 radical (unpaired) electrons. The van der Waals surface area contributed by atoms with Crippen molar-refractivity contribution < 1.29 is 9.53 Å². The van der Waals surface area contributed by atoms with Crippen LogP contribution in [0.3, 0.4) is 0 Å². The summed E-state index contributed by atoms with van der Waals surface area (Å²) in [6.45, 7) is 6.95. The molecule has 1 amide bonds. The van der Waals surface area contributed by atoms with Crippen LogP contribution in [0.1, 0.15) is 34.7 Å². The quantitative estimate of drug-likeness (QED) is 0.627. The number of methoxy groups -OCH3 is 1. The number of fused-ring (bicyclic) bond motifs is 1. The van der Waals surface area contributed by atoms with E-state index in [9.17, 15) is 4.79 Å². The van der Waals surface area contributed by atoms with Gasteiger partial charge in [-0.2, -0.15) is 5.10 Å². The lowest BCUT2D eigenvalue weighted by Gasteiger charge is -2.41. The topological polar surface area (TPSA) is 79.9 Å². The summed E-state index contributed by atoms with van der Waals surface area (Å²) in [6.07, 6.45) is 5.93. The van der Waals surface area contributed by atoms with E-state index in [1.807, 2.05) is 30.1 Å². The second-order valence-corrected chi connectivity index (χ2v) is 9.90. The standard InChI is InChI=1S/C23H31N7O2S/c1-16-21(33-29-9-10-30-18(13-29)6-8-26-30)11-20(27(16)2)23(31)25-12-17-5-4-7-24-22(17)28-14-19(15-28)32-3/h6-8,11,19H,4-5,9-10,12-15H2,1-3H3,(H,25,31). The average Bonchev–Trinajstić information content (AvgIpc) is 3.37. The molecule has 0 unspecified atom stereocenters. The SMILES string of the molecule is COC1CN(C2=C(CNC(=O)c3cc(SN4CCn5nccc5C4)c(C)n3C)CCC=N2)C1. The molecule has 0 aromatic carbocycles. The summed E-state index contributed by atoms with van der Waals surface area (Å²) in [6, 6.07) is 4.07. The first-order valence-electron chi connectivity index (χ1n) is 11.4. The van der Waals surface area contributed by atoms with Crippen LogP contribution in [0, 0.1) is 6.92 Å². The first kappa shape index (κ1) is 22.2. The van der Waals surface area contributed by atoms with E-state index in [0.29, 0.717) is 12.2 Å². The molecular formula is C23H31N7O2S. The summed E-state index contributed by atoms with van der Waals surface area (Å²) in [4.78, 5) is 21.1. The van der Waals surface area contributed by atoms with Crippen molar-refractivity contribution in [1.29, 1.82) is 0 Å². The summed E-state index contributed by atoms with van der Waals surface area (Å²) in [5.41, 5.74) is 4.18. The van der Waals surface area contributed by atoms with E-state index < -0.39 is 0 Å². The van der Waals surface area contributed by atoms with Gasteiger partial charge in [-0.1, -0.05) is 0 Å². The Kier molecular flexibility index (Phi) is 6.31. The highest BCUT2D eigenvalue weighted by Gasteiger charge is 2.30. The van der Waals surface area contributed by atoms with Crippen molar-refractivity contribution in [2.45, 2.75) is 43.9 Å². The molecule has 33 heavy (non-hydrogen) atoms. The van der Waals surface area contributed by atoms with Gasteiger partial charge in [-0.15, -0.1) is 0 Å². The minimum Gasteiger partial charge on any atom is -0.378 e. The van der Waals surface area contributed by atoms with Gasteiger partial charge >= 0.3 is 0 Å². The van der Waals surface area contributed by atoms with Crippen LogP contribution in [0.25, 0.3) is 0 Å². The first-order valence-corrected chi connectivity index (χ1v) is 12.2. The van der Waals surface area contributed by atoms with Crippen LogP contribution in [-0.4, -0.2) is 75.1 Å². The highest BCUT2D eigenvalue weighted by Crippen LogP contribution is 2.31. The summed E-state index contributed by atoms with van der Waals surface area (Å²) >= 11 is 1.72. The summed E-state index contributed by atoms with van der Waals surface area (Å²) in [5.74, 6) is 0.947. The van der Waals surface area contributed by atoms with E-state index >= 15 is 0 Å². The molecule has 0 spiro atoms. The van der Waals surface area contributed by atoms with E-state index in [1.165, 1.54) is 11.3 Å². The Balaban J connectivity index is 1.24. The third-order valence-corrected chi connectivity index (χ3v) is 7.88. The van der Waals surface area contributed by atoms with Gasteiger partial charge in [0.15, 0.2) is 0 Å². The van der Waals surface area contributed by atoms with Crippen LogP contribution in [0.2, 0.25) is 0 Å². The maximum atomic E-state index is 13.1. The van der Waals surface area contributed by atoms with Gasteiger partial charge in [0.2, 0.25) is 0 Å². The van der Waals surface area contributed by atoms with Gasteiger partial charge in [-0.05, 0) is 49.4 Å². The van der Waals surface area contributed by atoms with Gasteiger partial charge in [0, 0.05) is 63.3 Å². The number of nitrogens with zero attached hydrogens (tertiary/aromatic N) is 6. The van der Waals surface area contributed by atoms with Gasteiger partial charge in [-0.25, -0.2) is 9.30 Å². The number of carbonyl (C=O) groups is 1. The molecule has 1 saturated heterocycles. The predicted octanol–water partition coefficient (Wildman–Crippen LogP) is 2.19. The second kappa shape index (κ2) is 9.36. The number of likely N-dealkylation sites (tertiary alicyclic amines) is 1. The highest BCUT2D eigenvalue weighted by atomic mass is 32.2. The van der Waals surface area contributed by atoms with E-state index in [2.05, 4.69) is 42.3 Å². The molecule has 5 rings (SSSR count). The van der Waals surface area contributed by atoms with Crippen LogP contribution in [0.4, 0.5) is 0 Å². The third-order valence-electron chi connectivity index (χ3n) is 6.70. The molecular weight excluding hydrogens is 438 g/mol. The van der Waals surface area contributed by atoms with E-state index in [0.717, 1.165) is 62.0 Å². The zero-order valence-corrected chi connectivity index (χ0v) is 20.3. The lowest BCUT2D eigenvalue weighted by atomic mass is 10.1. The normalized spacial score (nSPS) is 19.1. The molecule has 2 aromatic rings. The predicted molar refractivity (Wildman–Crippen MR) is 128 cm³/mol. The van der Waals surface area contributed by atoms with Crippen molar-refractivity contribution in [3.05, 3.63) is 46.8 Å². The van der Waals surface area contributed by atoms with Crippen LogP contribution in [0.5, 0.6) is 0 Å². The Morgan fingerprint density at radius 2 is 2.18 bits per heavy atom. The Morgan fingerprint density at radius 3 is 3.00 bits per heavy atom. The van der Waals surface area contributed by atoms with Crippen molar-refractivity contribution in [1.82, 2.24) is 28.9 Å². The van der Waals surface area contributed by atoms with E-state index in [1.54, 1.807) is 19.1 Å². The molecule has 1 fully saturated rings. The molecule has 3 aliphatic heterocycles. The zero-order valence-electron chi connectivity index (χ0n) is 19.5. The fourth-order valence-corrected chi connectivity index (χ4v) is 5.54. The van der Waals surface area contributed by atoms with Gasteiger partial charge in [0.25, 0.3) is 5.91 Å². The number of ether oxygens (including phenoxy) is 1. The van der Waals surface area contributed by atoms with Crippen molar-refractivity contribution in [3.63, 3.8) is 0 Å². The van der Waals surface area contributed by atoms with Crippen LogP contribution < -0.4 is 5.32 Å². The Labute approximate surface area is 198 Å². The molecule has 9 nitrogen and oxygen atoms in total. The Hall–Kier alpha value is -2.56. The molecule has 1 N–H and O–H groups in total. The monoisotopic (exact) mass is 469 g/mol. The van der Waals surface area contributed by atoms with E-state index in [-0.39, 0.29) is 12.0 Å². The first-order chi connectivity index (χ1) is 16.0. The summed E-state index contributed by atoms with van der Waals surface area (Å²) < 4.78 is 11.8. The lowest BCUT2D eigenvalue weighted by Crippen LogP contribution is -2.51. The van der Waals surface area contributed by atoms with Gasteiger partial charge in [0.1, 0.15) is 11.5 Å². The number of aliphatic imine (C=N–C) groups is 1. The summed E-state index contributed by atoms with van der Waals surface area (Å²) in [7, 11) is 3.70. The third kappa shape index (κ3) is 4.47. The smallest absolute Gasteiger partial charge is 0.268 e. The fourth-order valence-electron chi connectivity index (χ4n) is 4.46. The highest BCUT2D eigenvalue weighted by molar-refractivity contribution is 7.97. The number of rotatable bonds is 7. The number of nitrogens with one attached hydrogen (secondary N) is 1. The molecule has 0 saturated carbocycles. The molecule has 5 heterocycles. The second-order valence-electron chi connectivity index (χ2n) is 8.76. The molecule has 0 aliphatic carbocycles. The molecule has 0 atom stereocenters. The van der Waals surface area contributed by atoms with Crippen molar-refractivity contribution in [3.8, 4) is 0 Å². The van der Waals surface area contributed by atoms with Gasteiger partial charge in [-0.3, -0.25) is 9.48 Å². The maximum Gasteiger partial charge on any atom is 0.268 e. The van der Waals surface area contributed by atoms with Crippen LogP contribution in [-0.2, 0) is 24.9 Å². The average molecular weight is 470 g/mol. The number of hydrogen-bond acceptors (Lipinski definition) is 7. The van der Waals surface area contributed by atoms with Gasteiger partial charge < -0.3 is 19.5 Å². The van der Waals surface area contributed by atoms with Crippen molar-refractivity contribution >= 4 is 24.1 Å². The fraction of sp³-hybridized carbons (Fsp3) is 0.522. The largest absolute Gasteiger partial charge is 0.378 e. The van der Waals surface area contributed by atoms with Gasteiger partial charge in [0.05, 0.1) is 24.9 Å². The minimum absolute atomic E-state index is 0.0519. The minimum atomic E-state index is -0.0519. The molecule has 3 aliphatic rings. The van der Waals surface area contributed by atoms with Crippen molar-refractivity contribution in [2.75, 3.05) is 33.3 Å². The molecule has 0 bridgehead atoms. The number of hydrogen-bond donors (Lipinski definition) is 1. The molecule has 10 heteroatoms. The van der Waals surface area contributed by atoms with Crippen LogP contribution in [0.15, 0.2) is 39.6 Å².